The van der Waals surface area contributed by atoms with Crippen LogP contribution < -0.4 is 10.1 Å². The van der Waals surface area contributed by atoms with Gasteiger partial charge in [-0.15, -0.1) is 0 Å². The molecule has 1 aromatic rings. The van der Waals surface area contributed by atoms with Gasteiger partial charge in [-0.05, 0) is 44.2 Å². The van der Waals surface area contributed by atoms with Gasteiger partial charge in [0, 0.05) is 52.9 Å². The number of hydrogen-bond acceptors (Lipinski definition) is 4. The molecule has 0 spiro atoms. The van der Waals surface area contributed by atoms with Gasteiger partial charge in [-0.1, -0.05) is 18.2 Å². The minimum Gasteiger partial charge on any atom is -0.493 e. The second kappa shape index (κ2) is 11.8. The zero-order valence-electron chi connectivity index (χ0n) is 18.6. The van der Waals surface area contributed by atoms with Crippen LogP contribution in [0.5, 0.6) is 5.75 Å². The summed E-state index contributed by atoms with van der Waals surface area (Å²) in [7, 11) is 1.83. The molecule has 2 aliphatic heterocycles. The van der Waals surface area contributed by atoms with E-state index >= 15 is 0 Å². The predicted molar refractivity (Wildman–Crippen MR) is 121 cm³/mol. The molecular formula is C23H37N5O2. The summed E-state index contributed by atoms with van der Waals surface area (Å²) in [5.41, 5.74) is 1.16. The summed E-state index contributed by atoms with van der Waals surface area (Å²) in [6, 6.07) is 8.10. The zero-order chi connectivity index (χ0) is 21.2. The minimum atomic E-state index is 0.291. The molecule has 0 bridgehead atoms. The first-order valence-electron chi connectivity index (χ1n) is 11.3. The fraction of sp³-hybridized carbons (Fsp3) is 0.652. The number of piperazine rings is 1. The average molecular weight is 416 g/mol. The fourth-order valence-electron chi connectivity index (χ4n) is 4.06. The molecule has 2 aliphatic rings. The summed E-state index contributed by atoms with van der Waals surface area (Å²) in [6.07, 6.45) is 4.47. The number of nitrogens with one attached hydrogen (secondary N) is 1. The number of aryl methyl sites for hydroxylation is 1. The number of piperidine rings is 1. The average Bonchev–Trinajstić information content (AvgIpc) is 2.79. The van der Waals surface area contributed by atoms with E-state index < -0.39 is 0 Å². The van der Waals surface area contributed by atoms with Crippen molar-refractivity contribution in [2.24, 2.45) is 4.99 Å². The Kier molecular flexibility index (Phi) is 8.81. The van der Waals surface area contributed by atoms with E-state index in [1.54, 1.807) is 0 Å². The summed E-state index contributed by atoms with van der Waals surface area (Å²) in [5, 5.41) is 3.45. The van der Waals surface area contributed by atoms with Crippen molar-refractivity contribution >= 4 is 11.9 Å². The lowest BCUT2D eigenvalue weighted by atomic mass is 10.1. The van der Waals surface area contributed by atoms with Crippen LogP contribution in [0.2, 0.25) is 0 Å². The number of para-hydroxylation sites is 1. The van der Waals surface area contributed by atoms with Crippen LogP contribution in [0.3, 0.4) is 0 Å². The quantitative estimate of drug-likeness (QED) is 0.419. The van der Waals surface area contributed by atoms with E-state index in [-0.39, 0.29) is 0 Å². The van der Waals surface area contributed by atoms with Gasteiger partial charge in [0.05, 0.1) is 13.2 Å². The molecule has 2 fully saturated rings. The Morgan fingerprint density at radius 1 is 1.03 bits per heavy atom. The Bertz CT molecular complexity index is 695. The van der Waals surface area contributed by atoms with Gasteiger partial charge in [-0.2, -0.15) is 0 Å². The van der Waals surface area contributed by atoms with Crippen LogP contribution in [0.15, 0.2) is 29.3 Å². The molecule has 7 nitrogen and oxygen atoms in total. The van der Waals surface area contributed by atoms with Crippen molar-refractivity contribution in [3.05, 3.63) is 29.8 Å². The van der Waals surface area contributed by atoms with Crippen LogP contribution in [-0.4, -0.2) is 92.6 Å². The zero-order valence-corrected chi connectivity index (χ0v) is 18.6. The molecule has 0 atom stereocenters. The van der Waals surface area contributed by atoms with Gasteiger partial charge < -0.3 is 19.9 Å². The Labute approximate surface area is 181 Å². The Morgan fingerprint density at radius 3 is 2.47 bits per heavy atom. The van der Waals surface area contributed by atoms with E-state index in [0.29, 0.717) is 19.1 Å². The predicted octanol–water partition coefficient (Wildman–Crippen LogP) is 1.97. The van der Waals surface area contributed by atoms with Crippen molar-refractivity contribution in [2.75, 3.05) is 66.0 Å². The molecule has 7 heteroatoms. The van der Waals surface area contributed by atoms with E-state index in [9.17, 15) is 4.79 Å². The van der Waals surface area contributed by atoms with Gasteiger partial charge in [0.2, 0.25) is 5.91 Å². The van der Waals surface area contributed by atoms with E-state index in [1.807, 2.05) is 30.1 Å². The second-order valence-corrected chi connectivity index (χ2v) is 8.15. The number of likely N-dealkylation sites (tertiary alicyclic amines) is 1. The topological polar surface area (TPSA) is 60.4 Å². The number of nitrogens with zero attached hydrogens (tertiary/aromatic N) is 4. The summed E-state index contributed by atoms with van der Waals surface area (Å²) in [6.45, 7) is 9.58. The lowest BCUT2D eigenvalue weighted by molar-refractivity contribution is -0.133. The van der Waals surface area contributed by atoms with Gasteiger partial charge >= 0.3 is 0 Å². The summed E-state index contributed by atoms with van der Waals surface area (Å²) < 4.78 is 5.86. The first kappa shape index (κ1) is 22.4. The lowest BCUT2D eigenvalue weighted by Crippen LogP contribution is -2.54. The van der Waals surface area contributed by atoms with Crippen molar-refractivity contribution in [3.63, 3.8) is 0 Å². The maximum absolute atomic E-state index is 12.5. The smallest absolute Gasteiger partial charge is 0.236 e. The monoisotopic (exact) mass is 415 g/mol. The van der Waals surface area contributed by atoms with Crippen molar-refractivity contribution in [1.82, 2.24) is 20.0 Å². The highest BCUT2D eigenvalue weighted by Gasteiger charge is 2.23. The summed E-state index contributed by atoms with van der Waals surface area (Å²) >= 11 is 0. The highest BCUT2D eigenvalue weighted by Crippen LogP contribution is 2.16. The number of aliphatic imine (C=N–C) groups is 1. The molecule has 1 aromatic carbocycles. The molecule has 3 rings (SSSR count). The number of carbonyl (C=O) groups is 1. The molecular weight excluding hydrogens is 378 g/mol. The summed E-state index contributed by atoms with van der Waals surface area (Å²) in [5.74, 6) is 2.18. The number of hydrogen-bond donors (Lipinski definition) is 1. The van der Waals surface area contributed by atoms with Crippen molar-refractivity contribution in [3.8, 4) is 5.75 Å². The highest BCUT2D eigenvalue weighted by atomic mass is 16.5. The van der Waals surface area contributed by atoms with E-state index in [0.717, 1.165) is 82.3 Å². The second-order valence-electron chi connectivity index (χ2n) is 8.15. The Morgan fingerprint density at radius 2 is 1.77 bits per heavy atom. The molecule has 0 unspecified atom stereocenters. The van der Waals surface area contributed by atoms with E-state index in [4.69, 9.17) is 4.74 Å². The van der Waals surface area contributed by atoms with Crippen LogP contribution in [0.4, 0.5) is 0 Å². The number of rotatable bonds is 7. The van der Waals surface area contributed by atoms with Gasteiger partial charge in [-0.25, -0.2) is 0 Å². The van der Waals surface area contributed by atoms with Crippen LogP contribution >= 0.6 is 0 Å². The van der Waals surface area contributed by atoms with Crippen LogP contribution in [0.25, 0.3) is 0 Å². The first-order chi connectivity index (χ1) is 14.7. The van der Waals surface area contributed by atoms with Crippen LogP contribution in [-0.2, 0) is 4.79 Å². The fourth-order valence-corrected chi connectivity index (χ4v) is 4.06. The molecule has 2 heterocycles. The van der Waals surface area contributed by atoms with E-state index in [2.05, 4.69) is 33.1 Å². The normalized spacial score (nSPS) is 18.4. The lowest BCUT2D eigenvalue weighted by Gasteiger charge is -2.37. The highest BCUT2D eigenvalue weighted by molar-refractivity contribution is 5.80. The van der Waals surface area contributed by atoms with Crippen LogP contribution in [0, 0.1) is 6.92 Å². The number of guanidine groups is 1. The maximum atomic E-state index is 12.5. The number of amides is 1. The van der Waals surface area contributed by atoms with E-state index in [1.165, 1.54) is 6.42 Å². The third-order valence-corrected chi connectivity index (χ3v) is 5.91. The first-order valence-corrected chi connectivity index (χ1v) is 11.3. The maximum Gasteiger partial charge on any atom is 0.236 e. The Hall–Kier alpha value is -2.28. The molecule has 0 radical (unpaired) electrons. The van der Waals surface area contributed by atoms with Crippen molar-refractivity contribution < 1.29 is 9.53 Å². The molecule has 1 amide bonds. The summed E-state index contributed by atoms with van der Waals surface area (Å²) in [4.78, 5) is 23.5. The van der Waals surface area contributed by atoms with Gasteiger partial charge in [0.1, 0.15) is 5.75 Å². The minimum absolute atomic E-state index is 0.291. The third-order valence-electron chi connectivity index (χ3n) is 5.91. The number of carbonyl (C=O) groups excluding carboxylic acids is 1. The van der Waals surface area contributed by atoms with Gasteiger partial charge in [0.15, 0.2) is 5.96 Å². The molecule has 1 N–H and O–H groups in total. The molecule has 2 saturated heterocycles. The standard InChI is InChI=1S/C23H37N5O2/c1-20-9-4-5-10-21(20)30-18-8-11-25-23(24-2)28-16-14-26(15-17-28)19-22(29)27-12-6-3-7-13-27/h4-5,9-10H,3,6-8,11-19H2,1-2H3,(H,24,25). The van der Waals surface area contributed by atoms with Crippen molar-refractivity contribution in [2.45, 2.75) is 32.6 Å². The van der Waals surface area contributed by atoms with Crippen molar-refractivity contribution in [1.29, 1.82) is 0 Å². The van der Waals surface area contributed by atoms with Gasteiger partial charge in [-0.3, -0.25) is 14.7 Å². The Balaban J connectivity index is 1.32. The SMILES string of the molecule is CN=C(NCCCOc1ccccc1C)N1CCN(CC(=O)N2CCCCC2)CC1. The molecule has 30 heavy (non-hydrogen) atoms. The molecule has 0 aromatic heterocycles. The number of ether oxygens (including phenoxy) is 1. The molecule has 166 valence electrons. The number of benzene rings is 1. The van der Waals surface area contributed by atoms with Crippen LogP contribution in [0.1, 0.15) is 31.2 Å². The third kappa shape index (κ3) is 6.62. The van der Waals surface area contributed by atoms with Gasteiger partial charge in [0.25, 0.3) is 0 Å². The molecule has 0 saturated carbocycles. The largest absolute Gasteiger partial charge is 0.493 e. The molecule has 0 aliphatic carbocycles.